The smallest absolute Gasteiger partial charge is 0.325 e. The molecule has 1 aromatic carbocycles. The number of carboxylic acids is 1. The Morgan fingerprint density at radius 2 is 2.37 bits per heavy atom. The number of nitrogens with zero attached hydrogens (tertiary/aromatic N) is 5. The Morgan fingerprint density at radius 3 is 3.05 bits per heavy atom. The van der Waals surface area contributed by atoms with Crippen LogP contribution < -0.4 is 0 Å². The maximum atomic E-state index is 10.7. The molecule has 0 unspecified atom stereocenters. The Morgan fingerprint density at radius 1 is 1.58 bits per heavy atom. The molecule has 0 atom stereocenters. The van der Waals surface area contributed by atoms with E-state index in [1.807, 2.05) is 0 Å². The summed E-state index contributed by atoms with van der Waals surface area (Å²) in [6.45, 7) is -0.326. The lowest BCUT2D eigenvalue weighted by Crippen LogP contribution is -2.11. The van der Waals surface area contributed by atoms with Crippen LogP contribution in [0.4, 0.5) is 0 Å². The molecule has 0 radical (unpaired) electrons. The number of nitriles is 1. The molecule has 0 spiro atoms. The van der Waals surface area contributed by atoms with Crippen LogP contribution in [0.5, 0.6) is 0 Å². The molecule has 0 fully saturated rings. The molecule has 0 bridgehead atoms. The van der Waals surface area contributed by atoms with Crippen LogP contribution in [0.25, 0.3) is 0 Å². The van der Waals surface area contributed by atoms with Gasteiger partial charge in [-0.2, -0.15) is 5.26 Å². The van der Waals surface area contributed by atoms with Gasteiger partial charge in [0.2, 0.25) is 5.16 Å². The van der Waals surface area contributed by atoms with E-state index in [9.17, 15) is 4.79 Å². The zero-order valence-electron chi connectivity index (χ0n) is 9.32. The molecule has 2 aromatic rings. The molecule has 0 aliphatic heterocycles. The molecule has 0 aliphatic carbocycles. The Kier molecular flexibility index (Phi) is 4.13. The highest BCUT2D eigenvalue weighted by Crippen LogP contribution is 2.30. The van der Waals surface area contributed by atoms with Gasteiger partial charge in [0.05, 0.1) is 5.56 Å². The van der Waals surface area contributed by atoms with Crippen LogP contribution in [0.3, 0.4) is 0 Å². The third-order valence-electron chi connectivity index (χ3n) is 2.05. The Labute approximate surface area is 120 Å². The fourth-order valence-electron chi connectivity index (χ4n) is 1.27. The molecule has 0 saturated heterocycles. The van der Waals surface area contributed by atoms with Crippen molar-refractivity contribution in [2.24, 2.45) is 0 Å². The van der Waals surface area contributed by atoms with E-state index in [0.717, 1.165) is 20.9 Å². The summed E-state index contributed by atoms with van der Waals surface area (Å²) in [4.78, 5) is 11.3. The van der Waals surface area contributed by atoms with E-state index < -0.39 is 5.97 Å². The van der Waals surface area contributed by atoms with E-state index in [-0.39, 0.29) is 6.54 Å². The first-order valence-electron chi connectivity index (χ1n) is 4.95. The summed E-state index contributed by atoms with van der Waals surface area (Å²) in [7, 11) is 0. The molecule has 1 N–H and O–H groups in total. The van der Waals surface area contributed by atoms with Gasteiger partial charge in [-0.3, -0.25) is 4.79 Å². The fourth-order valence-corrected chi connectivity index (χ4v) is 2.47. The van der Waals surface area contributed by atoms with Crippen LogP contribution in [-0.4, -0.2) is 31.3 Å². The molecule has 0 saturated carbocycles. The van der Waals surface area contributed by atoms with Gasteiger partial charge in [0, 0.05) is 9.37 Å². The second-order valence-corrected chi connectivity index (χ2v) is 5.29. The molecular formula is C10H6BrN5O2S. The van der Waals surface area contributed by atoms with E-state index >= 15 is 0 Å². The maximum absolute atomic E-state index is 10.7. The normalized spacial score (nSPS) is 10.1. The summed E-state index contributed by atoms with van der Waals surface area (Å²) in [6.07, 6.45) is 0. The Balaban J connectivity index is 2.29. The van der Waals surface area contributed by atoms with Crippen LogP contribution in [-0.2, 0) is 11.3 Å². The second-order valence-electron chi connectivity index (χ2n) is 3.37. The summed E-state index contributed by atoms with van der Waals surface area (Å²) in [6, 6.07) is 7.27. The van der Waals surface area contributed by atoms with E-state index in [1.165, 1.54) is 0 Å². The molecule has 1 heterocycles. The number of hydrogen-bond donors (Lipinski definition) is 1. The summed E-state index contributed by atoms with van der Waals surface area (Å²) in [5.41, 5.74) is 0.462. The van der Waals surface area contributed by atoms with Gasteiger partial charge in [-0.05, 0) is 40.4 Å². The van der Waals surface area contributed by atoms with Crippen LogP contribution >= 0.6 is 27.7 Å². The molecule has 0 aliphatic rings. The number of hydrogen-bond acceptors (Lipinski definition) is 6. The van der Waals surface area contributed by atoms with Crippen molar-refractivity contribution in [2.75, 3.05) is 0 Å². The summed E-state index contributed by atoms with van der Waals surface area (Å²) in [5.74, 6) is -1.04. The number of aromatic nitrogens is 4. The highest BCUT2D eigenvalue weighted by molar-refractivity contribution is 9.10. The fraction of sp³-hybridized carbons (Fsp3) is 0.100. The number of tetrazole rings is 1. The van der Waals surface area contributed by atoms with Gasteiger partial charge in [0.15, 0.2) is 0 Å². The third-order valence-corrected chi connectivity index (χ3v) is 3.59. The minimum atomic E-state index is -1.04. The number of carbonyl (C=O) groups is 1. The van der Waals surface area contributed by atoms with Gasteiger partial charge in [-0.1, -0.05) is 15.9 Å². The van der Waals surface area contributed by atoms with Crippen molar-refractivity contribution < 1.29 is 9.90 Å². The molecule has 7 nitrogen and oxygen atoms in total. The van der Waals surface area contributed by atoms with Crippen LogP contribution in [0.15, 0.2) is 32.7 Å². The highest BCUT2D eigenvalue weighted by atomic mass is 79.9. The molecular weight excluding hydrogens is 334 g/mol. The molecule has 19 heavy (non-hydrogen) atoms. The molecule has 96 valence electrons. The number of carboxylic acid groups (broad SMARTS) is 1. The van der Waals surface area contributed by atoms with E-state index in [1.54, 1.807) is 18.2 Å². The Bertz CT molecular complexity index is 666. The van der Waals surface area contributed by atoms with Gasteiger partial charge < -0.3 is 5.11 Å². The zero-order chi connectivity index (χ0) is 13.8. The van der Waals surface area contributed by atoms with Crippen molar-refractivity contribution in [3.8, 4) is 6.07 Å². The lowest BCUT2D eigenvalue weighted by Gasteiger charge is -2.03. The molecule has 2 rings (SSSR count). The number of rotatable bonds is 4. The standard InChI is InChI=1S/C10H6BrN5O2S/c11-7-1-2-8(6(3-7)4-12)19-10-13-14-15-16(10)5-9(17)18/h1-3H,5H2,(H,17,18). The first-order valence-corrected chi connectivity index (χ1v) is 6.56. The SMILES string of the molecule is N#Cc1cc(Br)ccc1Sc1nnnn1CC(=O)O. The molecule has 9 heteroatoms. The van der Waals surface area contributed by atoms with E-state index in [4.69, 9.17) is 10.4 Å². The first-order chi connectivity index (χ1) is 9.10. The van der Waals surface area contributed by atoms with Crippen molar-refractivity contribution in [1.82, 2.24) is 20.2 Å². The quantitative estimate of drug-likeness (QED) is 0.900. The van der Waals surface area contributed by atoms with Crippen molar-refractivity contribution in [1.29, 1.82) is 5.26 Å². The Hall–Kier alpha value is -1.92. The molecule has 1 aromatic heterocycles. The van der Waals surface area contributed by atoms with Gasteiger partial charge in [-0.25, -0.2) is 4.68 Å². The van der Waals surface area contributed by atoms with Gasteiger partial charge in [0.1, 0.15) is 12.6 Å². The van der Waals surface area contributed by atoms with Gasteiger partial charge >= 0.3 is 5.97 Å². The van der Waals surface area contributed by atoms with Crippen LogP contribution in [0.1, 0.15) is 5.56 Å². The molecule has 0 amide bonds. The minimum absolute atomic E-state index is 0.321. The summed E-state index contributed by atoms with van der Waals surface area (Å²) < 4.78 is 1.95. The van der Waals surface area contributed by atoms with E-state index in [0.29, 0.717) is 15.6 Å². The van der Waals surface area contributed by atoms with Gasteiger partial charge in [-0.15, -0.1) is 5.10 Å². The average molecular weight is 340 g/mol. The van der Waals surface area contributed by atoms with Crippen LogP contribution in [0, 0.1) is 11.3 Å². The first kappa shape index (κ1) is 13.5. The maximum Gasteiger partial charge on any atom is 0.325 e. The van der Waals surface area contributed by atoms with Crippen molar-refractivity contribution in [2.45, 2.75) is 16.6 Å². The monoisotopic (exact) mass is 339 g/mol. The number of benzene rings is 1. The lowest BCUT2D eigenvalue weighted by molar-refractivity contribution is -0.138. The predicted molar refractivity (Wildman–Crippen MR) is 68.4 cm³/mol. The minimum Gasteiger partial charge on any atom is -0.480 e. The van der Waals surface area contributed by atoms with Crippen molar-refractivity contribution in [3.63, 3.8) is 0 Å². The topological polar surface area (TPSA) is 105 Å². The van der Waals surface area contributed by atoms with Gasteiger partial charge in [0.25, 0.3) is 0 Å². The van der Waals surface area contributed by atoms with Crippen LogP contribution in [0.2, 0.25) is 0 Å². The summed E-state index contributed by atoms with van der Waals surface area (Å²) in [5, 5.41) is 28.9. The van der Waals surface area contributed by atoms with Crippen molar-refractivity contribution >= 4 is 33.7 Å². The largest absolute Gasteiger partial charge is 0.480 e. The third kappa shape index (κ3) is 3.30. The van der Waals surface area contributed by atoms with Crippen molar-refractivity contribution in [3.05, 3.63) is 28.2 Å². The average Bonchev–Trinajstić information content (AvgIpc) is 2.78. The zero-order valence-corrected chi connectivity index (χ0v) is 11.7. The number of aliphatic carboxylic acids is 1. The predicted octanol–water partition coefficient (Wildman–Crippen LogP) is 1.54. The van der Waals surface area contributed by atoms with E-state index in [2.05, 4.69) is 37.5 Å². The summed E-state index contributed by atoms with van der Waals surface area (Å²) >= 11 is 4.42. The lowest BCUT2D eigenvalue weighted by atomic mass is 10.2. The second kappa shape index (κ2) is 5.81. The highest BCUT2D eigenvalue weighted by Gasteiger charge is 2.13. The number of halogens is 1.